The molecule has 0 saturated carbocycles. The Labute approximate surface area is 181 Å². The molecule has 3 atom stereocenters. The van der Waals surface area contributed by atoms with E-state index in [2.05, 4.69) is 5.32 Å². The summed E-state index contributed by atoms with van der Waals surface area (Å²) in [7, 11) is 0. The number of carbonyl (C=O) groups excluding carboxylic acids is 1. The van der Waals surface area contributed by atoms with Crippen LogP contribution >= 0.6 is 11.8 Å². The highest BCUT2D eigenvalue weighted by Gasteiger charge is 2.46. The molecule has 0 radical (unpaired) electrons. The first kappa shape index (κ1) is 24.0. The van der Waals surface area contributed by atoms with Gasteiger partial charge in [0.15, 0.2) is 0 Å². The molecule has 2 unspecified atom stereocenters. The molecule has 0 bridgehead atoms. The number of thioether (sulfide) groups is 1. The van der Waals surface area contributed by atoms with Gasteiger partial charge in [0.2, 0.25) is 11.6 Å². The minimum absolute atomic E-state index is 0.332. The van der Waals surface area contributed by atoms with Crippen molar-refractivity contribution in [3.05, 3.63) is 35.9 Å². The van der Waals surface area contributed by atoms with Gasteiger partial charge >= 0.3 is 12.1 Å². The molecule has 8 nitrogen and oxygen atoms in total. The Hall–Kier alpha value is -2.26. The van der Waals surface area contributed by atoms with Gasteiger partial charge in [0.1, 0.15) is 6.04 Å². The molecule has 0 aliphatic carbocycles. The number of amides is 1. The minimum atomic E-state index is -1.42. The standard InChI is InChI=1S/C21H30N2O6S/c1-3-11-21(29-20(27)28)14-30-13-12-23(21)18(24)15(2)22-17(19(25)26)10-9-16-7-5-4-6-8-16/h4-8,15,17,22H,3,9-14H2,1-2H3,(H,25,26)(H,27,28)/t15-,17?,21?/m0/s1. The van der Waals surface area contributed by atoms with E-state index in [4.69, 9.17) is 4.74 Å². The first-order valence-electron chi connectivity index (χ1n) is 10.1. The van der Waals surface area contributed by atoms with Crippen molar-refractivity contribution in [3.8, 4) is 0 Å². The predicted octanol–water partition coefficient (Wildman–Crippen LogP) is 2.82. The van der Waals surface area contributed by atoms with Crippen LogP contribution in [0, 0.1) is 0 Å². The lowest BCUT2D eigenvalue weighted by Crippen LogP contribution is -2.63. The number of rotatable bonds is 10. The Bertz CT molecular complexity index is 727. The van der Waals surface area contributed by atoms with Crippen LogP contribution in [0.4, 0.5) is 4.79 Å². The molecule has 1 aliphatic heterocycles. The molecule has 1 saturated heterocycles. The van der Waals surface area contributed by atoms with E-state index in [1.165, 1.54) is 4.90 Å². The summed E-state index contributed by atoms with van der Waals surface area (Å²) in [4.78, 5) is 37.7. The van der Waals surface area contributed by atoms with Crippen LogP contribution in [-0.2, 0) is 20.7 Å². The van der Waals surface area contributed by atoms with Crippen LogP contribution in [0.2, 0.25) is 0 Å². The van der Waals surface area contributed by atoms with Crippen molar-refractivity contribution >= 4 is 29.8 Å². The predicted molar refractivity (Wildman–Crippen MR) is 115 cm³/mol. The molecule has 1 amide bonds. The number of aliphatic carboxylic acids is 1. The monoisotopic (exact) mass is 438 g/mol. The van der Waals surface area contributed by atoms with Gasteiger partial charge in [-0.2, -0.15) is 11.8 Å². The number of benzene rings is 1. The van der Waals surface area contributed by atoms with Crippen molar-refractivity contribution < 1.29 is 29.3 Å². The van der Waals surface area contributed by atoms with E-state index < -0.39 is 29.9 Å². The molecule has 1 heterocycles. The number of carbonyl (C=O) groups is 3. The summed E-state index contributed by atoms with van der Waals surface area (Å²) in [5.74, 6) is -0.344. The van der Waals surface area contributed by atoms with Crippen molar-refractivity contribution in [2.24, 2.45) is 0 Å². The number of nitrogens with zero attached hydrogens (tertiary/aromatic N) is 1. The molecular weight excluding hydrogens is 408 g/mol. The maximum absolute atomic E-state index is 13.2. The highest BCUT2D eigenvalue weighted by Crippen LogP contribution is 2.33. The summed E-state index contributed by atoms with van der Waals surface area (Å²) in [6.45, 7) is 3.87. The molecule has 0 aromatic heterocycles. The summed E-state index contributed by atoms with van der Waals surface area (Å²) >= 11 is 1.54. The molecule has 1 aliphatic rings. The fourth-order valence-corrected chi connectivity index (χ4v) is 4.85. The Morgan fingerprint density at radius 1 is 1.27 bits per heavy atom. The lowest BCUT2D eigenvalue weighted by Gasteiger charge is -2.46. The van der Waals surface area contributed by atoms with Crippen molar-refractivity contribution in [1.29, 1.82) is 0 Å². The van der Waals surface area contributed by atoms with E-state index >= 15 is 0 Å². The molecule has 3 N–H and O–H groups in total. The lowest BCUT2D eigenvalue weighted by atomic mass is 10.0. The zero-order chi connectivity index (χ0) is 22.1. The number of carboxylic acid groups (broad SMARTS) is 2. The zero-order valence-electron chi connectivity index (χ0n) is 17.4. The average molecular weight is 439 g/mol. The number of ether oxygens (including phenoxy) is 1. The van der Waals surface area contributed by atoms with E-state index in [1.807, 2.05) is 37.3 Å². The fraction of sp³-hybridized carbons (Fsp3) is 0.571. The fourth-order valence-electron chi connectivity index (χ4n) is 3.72. The molecule has 1 aromatic rings. The summed E-state index contributed by atoms with van der Waals surface area (Å²) < 4.78 is 5.22. The molecule has 30 heavy (non-hydrogen) atoms. The van der Waals surface area contributed by atoms with Crippen molar-refractivity contribution in [2.45, 2.75) is 57.3 Å². The van der Waals surface area contributed by atoms with Crippen molar-refractivity contribution in [3.63, 3.8) is 0 Å². The topological polar surface area (TPSA) is 116 Å². The Morgan fingerprint density at radius 3 is 2.57 bits per heavy atom. The van der Waals surface area contributed by atoms with Gasteiger partial charge in [0, 0.05) is 18.7 Å². The van der Waals surface area contributed by atoms with Gasteiger partial charge in [-0.1, -0.05) is 43.7 Å². The van der Waals surface area contributed by atoms with Crippen LogP contribution in [0.5, 0.6) is 0 Å². The average Bonchev–Trinajstić information content (AvgIpc) is 2.71. The number of hydrogen-bond donors (Lipinski definition) is 3. The second kappa shape index (κ2) is 11.2. The largest absolute Gasteiger partial charge is 0.507 e. The third-order valence-corrected chi connectivity index (χ3v) is 6.27. The quantitative estimate of drug-likeness (QED) is 0.478. The van der Waals surface area contributed by atoms with Crippen molar-refractivity contribution in [1.82, 2.24) is 10.2 Å². The third kappa shape index (κ3) is 6.37. The molecule has 0 spiro atoms. The smallest absolute Gasteiger partial charge is 0.480 e. The lowest BCUT2D eigenvalue weighted by molar-refractivity contribution is -0.162. The van der Waals surface area contributed by atoms with Gasteiger partial charge < -0.3 is 19.8 Å². The van der Waals surface area contributed by atoms with Crippen LogP contribution in [0.15, 0.2) is 30.3 Å². The van der Waals surface area contributed by atoms with Crippen LogP contribution in [0.25, 0.3) is 0 Å². The molecule has 166 valence electrons. The van der Waals surface area contributed by atoms with Gasteiger partial charge in [0.05, 0.1) is 11.8 Å². The number of aryl methyl sites for hydroxylation is 1. The summed E-state index contributed by atoms with van der Waals surface area (Å²) in [6, 6.07) is 7.87. The summed E-state index contributed by atoms with van der Waals surface area (Å²) in [6.07, 6.45) is 0.512. The second-order valence-corrected chi connectivity index (χ2v) is 8.52. The van der Waals surface area contributed by atoms with E-state index in [9.17, 15) is 24.6 Å². The van der Waals surface area contributed by atoms with Gasteiger partial charge in [-0.3, -0.25) is 14.9 Å². The molecule has 2 rings (SSSR count). The first-order valence-corrected chi connectivity index (χ1v) is 11.3. The van der Waals surface area contributed by atoms with E-state index in [0.717, 1.165) is 5.56 Å². The normalized spacial score (nSPS) is 20.9. The third-order valence-electron chi connectivity index (χ3n) is 5.15. The molecule has 1 aromatic carbocycles. The highest BCUT2D eigenvalue weighted by atomic mass is 32.2. The number of hydrogen-bond acceptors (Lipinski definition) is 6. The maximum Gasteiger partial charge on any atom is 0.507 e. The number of carboxylic acids is 1. The SMILES string of the molecule is CCCC1(OC(=O)O)CSCCN1C(=O)[C@H](C)NC(CCc1ccccc1)C(=O)O. The zero-order valence-corrected chi connectivity index (χ0v) is 18.2. The van der Waals surface area contributed by atoms with Crippen molar-refractivity contribution in [2.75, 3.05) is 18.1 Å². The Kier molecular flexibility index (Phi) is 8.98. The van der Waals surface area contributed by atoms with Crippen LogP contribution < -0.4 is 5.32 Å². The van der Waals surface area contributed by atoms with E-state index in [1.54, 1.807) is 18.7 Å². The summed E-state index contributed by atoms with van der Waals surface area (Å²) in [5, 5.41) is 21.8. The van der Waals surface area contributed by atoms with Crippen LogP contribution in [0.1, 0.15) is 38.7 Å². The number of nitrogens with one attached hydrogen (secondary N) is 1. The van der Waals surface area contributed by atoms with Gasteiger partial charge in [-0.05, 0) is 25.3 Å². The molecule has 9 heteroatoms. The summed E-state index contributed by atoms with van der Waals surface area (Å²) in [5.41, 5.74) is -0.200. The second-order valence-electron chi connectivity index (χ2n) is 7.41. The Morgan fingerprint density at radius 2 is 1.97 bits per heavy atom. The first-order chi connectivity index (χ1) is 14.3. The molecular formula is C21H30N2O6S. The highest BCUT2D eigenvalue weighted by molar-refractivity contribution is 7.99. The van der Waals surface area contributed by atoms with E-state index in [-0.39, 0.29) is 5.91 Å². The maximum atomic E-state index is 13.2. The van der Waals surface area contributed by atoms with E-state index in [0.29, 0.717) is 43.7 Å². The van der Waals surface area contributed by atoms with Gasteiger partial charge in [-0.25, -0.2) is 4.79 Å². The minimum Gasteiger partial charge on any atom is -0.480 e. The van der Waals surface area contributed by atoms with Crippen LogP contribution in [-0.4, -0.2) is 69.0 Å². The van der Waals surface area contributed by atoms with Gasteiger partial charge in [-0.15, -0.1) is 0 Å². The van der Waals surface area contributed by atoms with Crippen LogP contribution in [0.3, 0.4) is 0 Å². The van der Waals surface area contributed by atoms with Gasteiger partial charge in [0.25, 0.3) is 0 Å². The Balaban J connectivity index is 2.09. The molecule has 1 fully saturated rings.